The van der Waals surface area contributed by atoms with E-state index in [2.05, 4.69) is 4.98 Å². The number of halogens is 2. The number of nitrogens with zero attached hydrogens (tertiary/aromatic N) is 5. The lowest BCUT2D eigenvalue weighted by Gasteiger charge is -2.69. The first-order valence-corrected chi connectivity index (χ1v) is 26.5. The quantitative estimate of drug-likeness (QED) is 0.0576. The van der Waals surface area contributed by atoms with Gasteiger partial charge in [0.05, 0.1) is 22.2 Å². The molecule has 0 spiro atoms. The summed E-state index contributed by atoms with van der Waals surface area (Å²) in [4.78, 5) is 85.7. The number of pyridine rings is 1. The zero-order valence-corrected chi connectivity index (χ0v) is 40.8. The number of carbonyl (C=O) groups is 4. The number of anilines is 2. The van der Waals surface area contributed by atoms with Crippen LogP contribution < -0.4 is 19.1 Å². The van der Waals surface area contributed by atoms with Crippen LogP contribution in [0.4, 0.5) is 21.0 Å². The van der Waals surface area contributed by atoms with Gasteiger partial charge in [-0.1, -0.05) is 65.4 Å². The fourth-order valence-electron chi connectivity index (χ4n) is 10.1. The lowest BCUT2D eigenvalue weighted by Crippen LogP contribution is -2.73. The number of alkyl halides is 2. The molecule has 2 bridgehead atoms. The van der Waals surface area contributed by atoms with Crippen LogP contribution in [-0.4, -0.2) is 112 Å². The molecule has 0 radical (unpaired) electrons. The fourth-order valence-corrected chi connectivity index (χ4v) is 12.9. The molecule has 3 atom stereocenters. The standard InChI is InChI=1S/C47H48Cl2N5O10PS2/c1-28(66-67-39-14-8-9-15-50-39)24-62-44(57)51(2)16-17-52(3)45(58)63-37-18-35-40(33-12-6-4-10-31(33)37)29(20-48)22-53(35)42(55)46-25-47(26-46,27-46)43(56)54-23-30(21-49)41-34-13-7-5-11-32(34)38(19-36(41)54)64-65(59,60)61/h4-15,18-19,28-30H,16-17,20-27H2,1-3H3,(H2,59,60,61)/t28?,29?,30-,46?,47?/m1/s1. The molecule has 15 nitrogen and oxygen atoms in total. The molecule has 1 aromatic heterocycles. The summed E-state index contributed by atoms with van der Waals surface area (Å²) < 4.78 is 28.7. The number of phosphoric ester groups is 1. The van der Waals surface area contributed by atoms with Crippen LogP contribution in [0.15, 0.2) is 90.1 Å². The molecule has 4 aromatic carbocycles. The first-order valence-electron chi connectivity index (χ1n) is 21.7. The Labute approximate surface area is 405 Å². The highest BCUT2D eigenvalue weighted by Crippen LogP contribution is 2.75. The minimum absolute atomic E-state index is 0.0125. The molecular formula is C47H48Cl2N5O10PS2. The van der Waals surface area contributed by atoms with E-state index in [1.165, 1.54) is 26.7 Å². The van der Waals surface area contributed by atoms with Gasteiger partial charge in [0.1, 0.15) is 23.1 Å². The van der Waals surface area contributed by atoms with Gasteiger partial charge in [0.25, 0.3) is 0 Å². The van der Waals surface area contributed by atoms with Gasteiger partial charge in [-0.15, -0.1) is 23.2 Å². The van der Waals surface area contributed by atoms with Crippen molar-refractivity contribution in [1.29, 1.82) is 0 Å². The maximum absolute atomic E-state index is 14.8. The van der Waals surface area contributed by atoms with Crippen LogP contribution in [0.3, 0.4) is 0 Å². The molecule has 4 amide bonds. The average molecular weight is 1010 g/mol. The Balaban J connectivity index is 0.872. The maximum atomic E-state index is 14.8. The highest BCUT2D eigenvalue weighted by Gasteiger charge is 2.76. The van der Waals surface area contributed by atoms with Gasteiger partial charge in [0.2, 0.25) is 11.8 Å². The predicted molar refractivity (Wildman–Crippen MR) is 261 cm³/mol. The normalized spacial score (nSPS) is 21.8. The summed E-state index contributed by atoms with van der Waals surface area (Å²) in [6, 6.07) is 23.5. The van der Waals surface area contributed by atoms with Crippen molar-refractivity contribution in [3.63, 3.8) is 0 Å². The zero-order chi connectivity index (χ0) is 47.4. The number of likely N-dealkylation sites (N-methyl/N-ethyl adjacent to an activating group) is 2. The van der Waals surface area contributed by atoms with Gasteiger partial charge < -0.3 is 33.6 Å². The van der Waals surface area contributed by atoms with E-state index in [1.807, 2.05) is 61.5 Å². The Morgan fingerprint density at radius 1 is 0.776 bits per heavy atom. The van der Waals surface area contributed by atoms with E-state index in [9.17, 15) is 33.5 Å². The van der Waals surface area contributed by atoms with E-state index in [1.54, 1.807) is 59.1 Å². The van der Waals surface area contributed by atoms with Crippen molar-refractivity contribution in [2.45, 2.75) is 48.3 Å². The SMILES string of the molecule is CC(COC(=O)N(C)CCN(C)C(=O)Oc1cc2c(c3ccccc13)C(CCl)CN2C(=O)C12CC(C(=O)N3C[C@@H](CCl)c4c3cc(OP(=O)(O)O)c3ccccc43)(C1)C2)SSc1ccccn1. The van der Waals surface area contributed by atoms with Crippen molar-refractivity contribution in [2.24, 2.45) is 10.8 Å². The molecule has 2 aliphatic heterocycles. The van der Waals surface area contributed by atoms with E-state index >= 15 is 0 Å². The fraction of sp³-hybridized carbons (Fsp3) is 0.383. The van der Waals surface area contributed by atoms with Crippen LogP contribution in [0, 0.1) is 10.8 Å². The molecule has 3 aliphatic carbocycles. The Hall–Kier alpha value is -4.74. The summed E-state index contributed by atoms with van der Waals surface area (Å²) in [5.74, 6) is -0.0402. The number of ether oxygens (including phenoxy) is 2. The molecule has 5 aromatic rings. The Morgan fingerprint density at radius 2 is 1.27 bits per heavy atom. The summed E-state index contributed by atoms with van der Waals surface area (Å²) in [5.41, 5.74) is 1.20. The summed E-state index contributed by atoms with van der Waals surface area (Å²) in [7, 11) is 1.31. The van der Waals surface area contributed by atoms with E-state index < -0.39 is 30.8 Å². The maximum Gasteiger partial charge on any atom is 0.524 e. The topological polar surface area (TPSA) is 179 Å². The third-order valence-corrected chi connectivity index (χ3v) is 17.2. The van der Waals surface area contributed by atoms with Crippen LogP contribution in [-0.2, 0) is 18.9 Å². The second-order valence-electron chi connectivity index (χ2n) is 17.9. The number of hydrogen-bond acceptors (Lipinski definition) is 11. The molecule has 67 heavy (non-hydrogen) atoms. The summed E-state index contributed by atoms with van der Waals surface area (Å²) in [5, 5.41) is 3.55. The summed E-state index contributed by atoms with van der Waals surface area (Å²) in [6.45, 7) is 3.10. The molecule has 5 aliphatic rings. The first kappa shape index (κ1) is 47.3. The van der Waals surface area contributed by atoms with Crippen LogP contribution in [0.25, 0.3) is 21.5 Å². The minimum atomic E-state index is -4.94. The molecule has 10 rings (SSSR count). The average Bonchev–Trinajstić information content (AvgIpc) is 3.86. The van der Waals surface area contributed by atoms with Crippen molar-refractivity contribution >= 4 is 110 Å². The third kappa shape index (κ3) is 8.92. The van der Waals surface area contributed by atoms with Gasteiger partial charge in [-0.3, -0.25) is 19.4 Å². The second-order valence-corrected chi connectivity index (χ2v) is 22.3. The lowest BCUT2D eigenvalue weighted by atomic mass is 9.34. The van der Waals surface area contributed by atoms with Crippen LogP contribution in [0.5, 0.6) is 11.5 Å². The van der Waals surface area contributed by atoms with Gasteiger partial charge in [0, 0.05) is 98.2 Å². The van der Waals surface area contributed by atoms with Gasteiger partial charge in [-0.05, 0) is 71.0 Å². The molecule has 20 heteroatoms. The number of hydrogen-bond donors (Lipinski definition) is 2. The zero-order valence-electron chi connectivity index (χ0n) is 36.8. The van der Waals surface area contributed by atoms with Crippen LogP contribution >= 0.6 is 52.6 Å². The van der Waals surface area contributed by atoms with Gasteiger partial charge >= 0.3 is 20.0 Å². The highest BCUT2D eigenvalue weighted by atomic mass is 35.5. The molecular weight excluding hydrogens is 961 g/mol. The van der Waals surface area contributed by atoms with E-state index in [-0.39, 0.29) is 78.4 Å². The smallest absolute Gasteiger partial charge is 0.448 e. The number of carbonyl (C=O) groups excluding carboxylic acids is 4. The van der Waals surface area contributed by atoms with E-state index in [4.69, 9.17) is 37.2 Å². The number of amides is 4. The molecule has 3 heterocycles. The monoisotopic (exact) mass is 1010 g/mol. The van der Waals surface area contributed by atoms with Crippen LogP contribution in [0.1, 0.15) is 49.1 Å². The molecule has 0 saturated heterocycles. The van der Waals surface area contributed by atoms with Crippen molar-refractivity contribution in [3.8, 4) is 11.5 Å². The Bertz CT molecular complexity index is 2820. The predicted octanol–water partition coefficient (Wildman–Crippen LogP) is 9.40. The molecule has 3 saturated carbocycles. The number of fused-ring (bicyclic) bond motifs is 6. The van der Waals surface area contributed by atoms with Gasteiger partial charge in [-0.2, -0.15) is 0 Å². The lowest BCUT2D eigenvalue weighted by molar-refractivity contribution is -0.204. The Kier molecular flexibility index (Phi) is 13.2. The number of phosphoric acid groups is 1. The van der Waals surface area contributed by atoms with E-state index in [0.29, 0.717) is 53.3 Å². The number of benzene rings is 4. The molecule has 3 fully saturated rings. The first-order chi connectivity index (χ1) is 32.0. The minimum Gasteiger partial charge on any atom is -0.448 e. The molecule has 2 N–H and O–H groups in total. The molecule has 2 unspecified atom stereocenters. The van der Waals surface area contributed by atoms with Crippen molar-refractivity contribution in [3.05, 3.63) is 96.2 Å². The summed E-state index contributed by atoms with van der Waals surface area (Å²) in [6.07, 6.45) is 1.55. The number of rotatable bonds is 15. The van der Waals surface area contributed by atoms with Crippen molar-refractivity contribution < 1.29 is 47.5 Å². The van der Waals surface area contributed by atoms with Crippen molar-refractivity contribution in [1.82, 2.24) is 14.8 Å². The Morgan fingerprint density at radius 3 is 1.78 bits per heavy atom. The largest absolute Gasteiger partial charge is 0.524 e. The second kappa shape index (κ2) is 18.6. The number of aromatic nitrogens is 1. The van der Waals surface area contributed by atoms with E-state index in [0.717, 1.165) is 21.5 Å². The van der Waals surface area contributed by atoms with Gasteiger partial charge in [-0.25, -0.2) is 19.1 Å². The highest BCUT2D eigenvalue weighted by molar-refractivity contribution is 8.76. The van der Waals surface area contributed by atoms with Crippen LogP contribution in [0.2, 0.25) is 0 Å². The van der Waals surface area contributed by atoms with Gasteiger partial charge in [0.15, 0.2) is 0 Å². The summed E-state index contributed by atoms with van der Waals surface area (Å²) >= 11 is 13.1. The third-order valence-electron chi connectivity index (χ3n) is 13.2. The van der Waals surface area contributed by atoms with Crippen molar-refractivity contribution in [2.75, 3.05) is 68.4 Å². The molecule has 352 valence electrons.